The number of aliphatic hydroxyl groups is 2. The van der Waals surface area contributed by atoms with Crippen LogP contribution >= 0.6 is 15.9 Å². The van der Waals surface area contributed by atoms with Gasteiger partial charge < -0.3 is 39.3 Å². The van der Waals surface area contributed by atoms with Crippen LogP contribution < -0.4 is 0 Å². The number of halogens is 1. The third-order valence-corrected chi connectivity index (χ3v) is 13.8. The summed E-state index contributed by atoms with van der Waals surface area (Å²) in [5.74, 6) is 6.65. The molecule has 2 N–H and O–H groups in total. The number of likely N-dealkylation sites (N-methyl/N-ethyl adjacent to an activating group) is 2. The van der Waals surface area contributed by atoms with Crippen LogP contribution in [-0.4, -0.2) is 150 Å². The third-order valence-electron chi connectivity index (χ3n) is 13.3. The van der Waals surface area contributed by atoms with Crippen molar-refractivity contribution in [1.29, 1.82) is 0 Å². The topological polar surface area (TPSA) is 210 Å². The molecule has 10 rings (SSSR count). The van der Waals surface area contributed by atoms with E-state index >= 15 is 0 Å². The average molecular weight is 1030 g/mol. The summed E-state index contributed by atoms with van der Waals surface area (Å²) in [4.78, 5) is 80.1. The predicted octanol–water partition coefficient (Wildman–Crippen LogP) is 3.61. The Morgan fingerprint density at radius 1 is 0.718 bits per heavy atom. The van der Waals surface area contributed by atoms with Gasteiger partial charge in [-0.15, -0.1) is 6.42 Å². The summed E-state index contributed by atoms with van der Waals surface area (Å²) < 4.78 is 14.9. The molecule has 2 aromatic carbocycles. The predicted molar refractivity (Wildman–Crippen MR) is 261 cm³/mol. The molecule has 18 nitrogen and oxygen atoms in total. The molecule has 4 amide bonds. The first kappa shape index (κ1) is 50.6. The summed E-state index contributed by atoms with van der Waals surface area (Å²) in [5.41, 5.74) is 2.91. The lowest BCUT2D eigenvalue weighted by Crippen LogP contribution is -2.37. The first-order valence-electron chi connectivity index (χ1n) is 24.0. The number of esters is 2. The molecule has 2 aromatic heterocycles. The van der Waals surface area contributed by atoms with Crippen LogP contribution in [0, 0.1) is 36.0 Å². The molecule has 2 saturated carbocycles. The normalized spacial score (nSPS) is 21.1. The van der Waals surface area contributed by atoms with Gasteiger partial charge in [0.15, 0.2) is 11.4 Å². The van der Waals surface area contributed by atoms with Crippen LogP contribution in [0.25, 0.3) is 11.4 Å². The van der Waals surface area contributed by atoms with Crippen molar-refractivity contribution in [3.63, 3.8) is 0 Å². The van der Waals surface area contributed by atoms with Crippen molar-refractivity contribution in [3.8, 4) is 35.6 Å². The number of benzene rings is 2. The largest absolute Gasteiger partial charge is 0.461 e. The van der Waals surface area contributed by atoms with Gasteiger partial charge in [-0.05, 0) is 75.9 Å². The van der Waals surface area contributed by atoms with Gasteiger partial charge in [0.2, 0.25) is 23.0 Å². The van der Waals surface area contributed by atoms with E-state index in [2.05, 4.69) is 43.9 Å². The van der Waals surface area contributed by atoms with Gasteiger partial charge in [0.05, 0.1) is 36.0 Å². The summed E-state index contributed by atoms with van der Waals surface area (Å²) in [5, 5.41) is 29.1. The van der Waals surface area contributed by atoms with Crippen molar-refractivity contribution >= 4 is 51.5 Å². The van der Waals surface area contributed by atoms with E-state index < -0.39 is 29.0 Å². The molecule has 0 spiro atoms. The zero-order valence-electron chi connectivity index (χ0n) is 40.3. The maximum absolute atomic E-state index is 12.7. The highest BCUT2D eigenvalue weighted by atomic mass is 79.9. The minimum atomic E-state index is -1.68. The summed E-state index contributed by atoms with van der Waals surface area (Å²) in [6.45, 7) is 7.03. The smallest absolute Gasteiger partial charge is 0.359 e. The Kier molecular flexibility index (Phi) is 14.9. The molecule has 4 fully saturated rings. The Balaban J connectivity index is 0.000000164. The van der Waals surface area contributed by atoms with Crippen LogP contribution in [0.5, 0.6) is 0 Å². The number of aromatic nitrogens is 4. The number of ether oxygens (including phenoxy) is 2. The lowest BCUT2D eigenvalue weighted by Gasteiger charge is -2.28. The highest BCUT2D eigenvalue weighted by Gasteiger charge is 2.44. The van der Waals surface area contributed by atoms with Gasteiger partial charge in [-0.3, -0.25) is 19.2 Å². The number of terminal acetylenes is 1. The second-order valence-electron chi connectivity index (χ2n) is 18.5. The monoisotopic (exact) mass is 1030 g/mol. The van der Waals surface area contributed by atoms with Crippen LogP contribution in [0.3, 0.4) is 0 Å². The second-order valence-corrected chi connectivity index (χ2v) is 19.4. The van der Waals surface area contributed by atoms with E-state index in [0.717, 1.165) is 52.8 Å². The minimum absolute atomic E-state index is 0.106. The van der Waals surface area contributed by atoms with E-state index in [-0.39, 0.29) is 48.3 Å². The van der Waals surface area contributed by atoms with Gasteiger partial charge in [0, 0.05) is 112 Å². The molecule has 71 heavy (non-hydrogen) atoms. The molecule has 4 aliphatic heterocycles. The van der Waals surface area contributed by atoms with Crippen molar-refractivity contribution in [2.45, 2.75) is 89.5 Å². The van der Waals surface area contributed by atoms with E-state index in [0.29, 0.717) is 87.6 Å². The van der Waals surface area contributed by atoms with E-state index in [1.807, 2.05) is 56.9 Å². The number of carbonyl (C=O) groups is 6. The van der Waals surface area contributed by atoms with Crippen molar-refractivity contribution in [1.82, 2.24) is 39.2 Å². The Hall–Kier alpha value is -6.80. The fraction of sp³-hybridized carbons (Fsp3) is 0.462. The fourth-order valence-corrected chi connectivity index (χ4v) is 9.39. The molecule has 4 aromatic rings. The van der Waals surface area contributed by atoms with E-state index in [9.17, 15) is 39.0 Å². The molecule has 0 bridgehead atoms. The van der Waals surface area contributed by atoms with Crippen molar-refractivity contribution in [3.05, 3.63) is 92.5 Å². The Labute approximate surface area is 420 Å². The highest BCUT2D eigenvalue weighted by molar-refractivity contribution is 9.10. The minimum Gasteiger partial charge on any atom is -0.461 e. The molecule has 372 valence electrons. The third kappa shape index (κ3) is 10.8. The molecular weight excluding hydrogens is 977 g/mol. The maximum atomic E-state index is 12.7. The van der Waals surface area contributed by atoms with Gasteiger partial charge in [0.1, 0.15) is 0 Å². The molecule has 6 aliphatic rings. The van der Waals surface area contributed by atoms with Crippen molar-refractivity contribution < 1.29 is 48.5 Å². The van der Waals surface area contributed by atoms with Gasteiger partial charge in [-0.25, -0.2) is 19.0 Å². The lowest BCUT2D eigenvalue weighted by atomic mass is 10.0. The molecule has 2 saturated heterocycles. The Bertz CT molecular complexity index is 2890. The van der Waals surface area contributed by atoms with Crippen molar-refractivity contribution in [2.75, 3.05) is 53.5 Å². The molecule has 0 unspecified atom stereocenters. The number of hydrogen-bond donors (Lipinski definition) is 2. The van der Waals surface area contributed by atoms with E-state index in [1.54, 1.807) is 38.7 Å². The number of rotatable bonds is 8. The summed E-state index contributed by atoms with van der Waals surface area (Å²) in [6, 6.07) is 15.1. The SMILES string of the molecule is C#C[C@]1(O)CCN(C)C1=O.CCOC(=O)c1nn(-c2cccc(Br)c2)c2c1CN(C(=O)C1CC1)CC2.CCOC(=O)c1nn(-c2cccc(C#C[C@]3(O)CCN(C)C3=O)c2)c2c1CN(C(=O)C1CC1)CC2. The zero-order chi connectivity index (χ0) is 50.8. The Morgan fingerprint density at radius 3 is 1.59 bits per heavy atom. The number of likely N-dealkylation sites (tertiary alicyclic amines) is 2. The molecule has 6 heterocycles. The van der Waals surface area contributed by atoms with Gasteiger partial charge >= 0.3 is 11.9 Å². The molecule has 2 atom stereocenters. The zero-order valence-corrected chi connectivity index (χ0v) is 41.9. The number of fused-ring (bicyclic) bond motifs is 2. The number of nitrogens with zero attached hydrogens (tertiary/aromatic N) is 8. The number of amides is 4. The van der Waals surface area contributed by atoms with Crippen LogP contribution in [0.1, 0.15) is 101 Å². The standard InChI is InChI=1S/C26H28N4O5.C19H20BrN3O3.C7H9NO2/c1-3-35-24(32)22-20-16-29(23(31)18-7-8-18)13-10-21(20)30(27-22)19-6-4-5-17(15-19)9-11-26(34)12-14-28(2)25(26)33;1-2-26-19(25)17-15-11-22(18(24)12-6-7-12)9-8-16(15)23(21-17)14-5-3-4-13(20)10-14;1-3-7(10)4-5-8(2)6(7)9/h4-6,15,18,34H,3,7-8,10,12-14,16H2,1-2H3;3-5,10,12H,2,6-9,11H2,1H3;1,10H,4-5H2,2H3/t26-;;7-/m0.0/s1. The molecular formula is C52H57BrN8O10. The number of carbonyl (C=O) groups excluding carboxylic acids is 6. The molecule has 19 heteroatoms. The van der Waals surface area contributed by atoms with Gasteiger partial charge in [0.25, 0.3) is 11.8 Å². The lowest BCUT2D eigenvalue weighted by molar-refractivity contribution is -0.138. The second kappa shape index (κ2) is 20.9. The summed E-state index contributed by atoms with van der Waals surface area (Å²) in [6.07, 6.45) is 10.6. The van der Waals surface area contributed by atoms with E-state index in [4.69, 9.17) is 15.9 Å². The van der Waals surface area contributed by atoms with Crippen LogP contribution in [0.4, 0.5) is 0 Å². The van der Waals surface area contributed by atoms with Gasteiger partial charge in [-0.2, -0.15) is 10.2 Å². The van der Waals surface area contributed by atoms with Crippen LogP contribution in [0.15, 0.2) is 53.0 Å². The van der Waals surface area contributed by atoms with Crippen LogP contribution in [-0.2, 0) is 54.6 Å². The first-order valence-corrected chi connectivity index (χ1v) is 24.7. The first-order chi connectivity index (χ1) is 34.0. The summed E-state index contributed by atoms with van der Waals surface area (Å²) >= 11 is 3.48. The maximum Gasteiger partial charge on any atom is 0.359 e. The van der Waals surface area contributed by atoms with Crippen LogP contribution in [0.2, 0.25) is 0 Å². The molecule has 0 radical (unpaired) electrons. The van der Waals surface area contributed by atoms with Crippen molar-refractivity contribution in [2.24, 2.45) is 11.8 Å². The number of hydrogen-bond acceptors (Lipinski definition) is 12. The van der Waals surface area contributed by atoms with E-state index in [1.165, 1.54) is 9.80 Å². The summed E-state index contributed by atoms with van der Waals surface area (Å²) in [7, 11) is 3.27. The fourth-order valence-electron chi connectivity index (χ4n) is 9.00. The average Bonchev–Trinajstić information content (AvgIpc) is 4.30. The van der Waals surface area contributed by atoms with Gasteiger partial charge in [-0.1, -0.05) is 45.8 Å². The molecule has 2 aliphatic carbocycles. The quantitative estimate of drug-likeness (QED) is 0.192. The Morgan fingerprint density at radius 2 is 1.18 bits per heavy atom. The highest BCUT2D eigenvalue weighted by Crippen LogP contribution is 2.36.